The largest absolute Gasteiger partial charge is 0.353 e. The van der Waals surface area contributed by atoms with Crippen LogP contribution >= 0.6 is 0 Å². The van der Waals surface area contributed by atoms with Gasteiger partial charge >= 0.3 is 0 Å². The summed E-state index contributed by atoms with van der Waals surface area (Å²) in [4.78, 5) is 27.1. The van der Waals surface area contributed by atoms with E-state index in [9.17, 15) is 18.0 Å². The molecule has 2 amide bonds. The highest BCUT2D eigenvalue weighted by atomic mass is 32.2. The van der Waals surface area contributed by atoms with Gasteiger partial charge in [-0.25, -0.2) is 8.42 Å². The molecule has 148 valence electrons. The number of carbonyl (C=O) groups excluding carboxylic acids is 2. The molecular formula is C21H24N2O4S. The van der Waals surface area contributed by atoms with Crippen molar-refractivity contribution in [3.8, 4) is 0 Å². The number of piperidine rings is 1. The van der Waals surface area contributed by atoms with Crippen molar-refractivity contribution in [3.63, 3.8) is 0 Å². The van der Waals surface area contributed by atoms with Crippen molar-refractivity contribution in [3.05, 3.63) is 66.2 Å². The minimum Gasteiger partial charge on any atom is -0.353 e. The average molecular weight is 401 g/mol. The van der Waals surface area contributed by atoms with Gasteiger partial charge in [-0.05, 0) is 30.5 Å². The second-order valence-corrected chi connectivity index (χ2v) is 8.89. The molecule has 2 aromatic carbocycles. The number of rotatable bonds is 7. The Morgan fingerprint density at radius 2 is 1.64 bits per heavy atom. The number of nitrogens with zero attached hydrogens (tertiary/aromatic N) is 1. The van der Waals surface area contributed by atoms with Gasteiger partial charge in [0.05, 0.1) is 10.6 Å². The number of hydrogen-bond donors (Lipinski definition) is 1. The van der Waals surface area contributed by atoms with E-state index in [0.29, 0.717) is 13.0 Å². The maximum Gasteiger partial charge on any atom is 0.247 e. The monoisotopic (exact) mass is 400 g/mol. The average Bonchev–Trinajstić information content (AvgIpc) is 2.71. The highest BCUT2D eigenvalue weighted by Crippen LogP contribution is 2.25. The molecule has 1 unspecified atom stereocenters. The first kappa shape index (κ1) is 20.1. The Hall–Kier alpha value is -2.67. The molecule has 1 atom stereocenters. The van der Waals surface area contributed by atoms with Crippen molar-refractivity contribution in [2.45, 2.75) is 30.2 Å². The fourth-order valence-electron chi connectivity index (χ4n) is 3.36. The molecule has 0 saturated carbocycles. The maximum absolute atomic E-state index is 12.9. The highest BCUT2D eigenvalue weighted by molar-refractivity contribution is 7.91. The predicted molar refractivity (Wildman–Crippen MR) is 106 cm³/mol. The molecule has 28 heavy (non-hydrogen) atoms. The van der Waals surface area contributed by atoms with Crippen LogP contribution in [0.15, 0.2) is 65.6 Å². The van der Waals surface area contributed by atoms with Crippen molar-refractivity contribution in [2.75, 3.05) is 18.8 Å². The summed E-state index contributed by atoms with van der Waals surface area (Å²) in [6.07, 6.45) is 2.11. The van der Waals surface area contributed by atoms with Crippen LogP contribution in [0.5, 0.6) is 0 Å². The minimum absolute atomic E-state index is 0.0125. The van der Waals surface area contributed by atoms with Gasteiger partial charge in [-0.2, -0.15) is 0 Å². The third-order valence-corrected chi connectivity index (χ3v) is 6.54. The van der Waals surface area contributed by atoms with Gasteiger partial charge in [-0.3, -0.25) is 9.59 Å². The van der Waals surface area contributed by atoms with Crippen molar-refractivity contribution >= 4 is 21.7 Å². The Bertz CT molecular complexity index is 914. The molecule has 3 rings (SSSR count). The Kier molecular flexibility index (Phi) is 6.46. The van der Waals surface area contributed by atoms with Gasteiger partial charge in [-0.1, -0.05) is 48.5 Å². The molecule has 1 heterocycles. The maximum atomic E-state index is 12.9. The summed E-state index contributed by atoms with van der Waals surface area (Å²) in [5, 5.41) is 2.71. The fourth-order valence-corrected chi connectivity index (χ4v) is 4.54. The summed E-state index contributed by atoms with van der Waals surface area (Å²) >= 11 is 0. The van der Waals surface area contributed by atoms with Crippen LogP contribution in [-0.4, -0.2) is 44.0 Å². The van der Waals surface area contributed by atoms with E-state index in [1.165, 1.54) is 12.1 Å². The number of sulfone groups is 1. The van der Waals surface area contributed by atoms with E-state index in [-0.39, 0.29) is 29.0 Å². The highest BCUT2D eigenvalue weighted by Gasteiger charge is 2.32. The lowest BCUT2D eigenvalue weighted by molar-refractivity contribution is -0.142. The molecule has 1 aliphatic rings. The number of likely N-dealkylation sites (tertiary alicyclic amines) is 1. The van der Waals surface area contributed by atoms with Crippen LogP contribution in [0.3, 0.4) is 0 Å². The van der Waals surface area contributed by atoms with Gasteiger partial charge in [0.25, 0.3) is 0 Å². The first-order valence-corrected chi connectivity index (χ1v) is 11.0. The minimum atomic E-state index is -3.48. The summed E-state index contributed by atoms with van der Waals surface area (Å²) in [5.41, 5.74) is 0.723. The molecule has 6 nitrogen and oxygen atoms in total. The van der Waals surface area contributed by atoms with E-state index in [1.807, 2.05) is 30.3 Å². The second kappa shape index (κ2) is 9.01. The SMILES string of the molecule is O=C(NCCS(=O)(=O)c1ccccc1)C(c1ccccc1)N1CCCCC1=O. The Morgan fingerprint density at radius 1 is 1.00 bits per heavy atom. The molecule has 2 aromatic rings. The molecule has 0 radical (unpaired) electrons. The van der Waals surface area contributed by atoms with Crippen molar-refractivity contribution in [1.29, 1.82) is 0 Å². The zero-order valence-electron chi connectivity index (χ0n) is 15.6. The number of benzene rings is 2. The van der Waals surface area contributed by atoms with E-state index in [0.717, 1.165) is 18.4 Å². The van der Waals surface area contributed by atoms with E-state index >= 15 is 0 Å². The van der Waals surface area contributed by atoms with E-state index in [1.54, 1.807) is 23.1 Å². The quantitative estimate of drug-likeness (QED) is 0.773. The Morgan fingerprint density at radius 3 is 2.29 bits per heavy atom. The molecule has 7 heteroatoms. The molecule has 0 aliphatic carbocycles. The lowest BCUT2D eigenvalue weighted by atomic mass is 10.0. The summed E-state index contributed by atoms with van der Waals surface area (Å²) in [6.45, 7) is 0.509. The summed E-state index contributed by atoms with van der Waals surface area (Å²) in [7, 11) is -3.48. The molecule has 1 saturated heterocycles. The summed E-state index contributed by atoms with van der Waals surface area (Å²) in [5.74, 6) is -0.602. The van der Waals surface area contributed by atoms with Gasteiger partial charge < -0.3 is 10.2 Å². The third kappa shape index (κ3) is 4.78. The van der Waals surface area contributed by atoms with Gasteiger partial charge in [0.2, 0.25) is 11.8 Å². The first-order chi connectivity index (χ1) is 13.5. The Labute approximate surface area is 165 Å². The predicted octanol–water partition coefficient (Wildman–Crippen LogP) is 2.33. The first-order valence-electron chi connectivity index (χ1n) is 9.39. The van der Waals surface area contributed by atoms with Crippen LogP contribution in [0.2, 0.25) is 0 Å². The zero-order valence-corrected chi connectivity index (χ0v) is 16.4. The van der Waals surface area contributed by atoms with Crippen LogP contribution in [0.4, 0.5) is 0 Å². The van der Waals surface area contributed by atoms with Crippen LogP contribution in [0.1, 0.15) is 30.9 Å². The molecule has 0 aromatic heterocycles. The van der Waals surface area contributed by atoms with Crippen molar-refractivity contribution in [1.82, 2.24) is 10.2 Å². The van der Waals surface area contributed by atoms with Crippen molar-refractivity contribution < 1.29 is 18.0 Å². The van der Waals surface area contributed by atoms with Gasteiger partial charge in [-0.15, -0.1) is 0 Å². The fraction of sp³-hybridized carbons (Fsp3) is 0.333. The Balaban J connectivity index is 1.71. The van der Waals surface area contributed by atoms with Gasteiger partial charge in [0.15, 0.2) is 9.84 Å². The van der Waals surface area contributed by atoms with Crippen LogP contribution < -0.4 is 5.32 Å². The number of nitrogens with one attached hydrogen (secondary N) is 1. The molecule has 1 N–H and O–H groups in total. The normalized spacial score (nSPS) is 15.9. The molecule has 0 spiro atoms. The van der Waals surface area contributed by atoms with Crippen LogP contribution in [0.25, 0.3) is 0 Å². The van der Waals surface area contributed by atoms with Gasteiger partial charge in [0, 0.05) is 19.5 Å². The van der Waals surface area contributed by atoms with E-state index in [2.05, 4.69) is 5.32 Å². The van der Waals surface area contributed by atoms with E-state index in [4.69, 9.17) is 0 Å². The number of carbonyl (C=O) groups is 2. The zero-order chi connectivity index (χ0) is 20.0. The molecule has 1 aliphatic heterocycles. The topological polar surface area (TPSA) is 83.6 Å². The van der Waals surface area contributed by atoms with Gasteiger partial charge in [0.1, 0.15) is 6.04 Å². The molecule has 1 fully saturated rings. The van der Waals surface area contributed by atoms with Crippen LogP contribution in [-0.2, 0) is 19.4 Å². The number of hydrogen-bond acceptors (Lipinski definition) is 4. The van der Waals surface area contributed by atoms with Crippen LogP contribution in [0, 0.1) is 0 Å². The summed E-state index contributed by atoms with van der Waals surface area (Å²) in [6, 6.07) is 16.5. The standard InChI is InChI=1S/C21H24N2O4S/c24-19-13-7-8-15-23(19)20(17-9-3-1-4-10-17)21(25)22-14-16-28(26,27)18-11-5-2-6-12-18/h1-6,9-12,20H,7-8,13-16H2,(H,22,25). The molecular weight excluding hydrogens is 376 g/mol. The lowest BCUT2D eigenvalue weighted by Crippen LogP contribution is -2.46. The summed E-state index contributed by atoms with van der Waals surface area (Å²) < 4.78 is 24.8. The second-order valence-electron chi connectivity index (χ2n) is 6.78. The van der Waals surface area contributed by atoms with Crippen molar-refractivity contribution in [2.24, 2.45) is 0 Å². The number of amides is 2. The smallest absolute Gasteiger partial charge is 0.247 e. The van der Waals surface area contributed by atoms with E-state index < -0.39 is 15.9 Å². The third-order valence-electron chi connectivity index (χ3n) is 4.81. The lowest BCUT2D eigenvalue weighted by Gasteiger charge is -2.34. The molecule has 0 bridgehead atoms.